The predicted octanol–water partition coefficient (Wildman–Crippen LogP) is 1.29. The first kappa shape index (κ1) is 12.0. The quantitative estimate of drug-likeness (QED) is 0.685. The molecule has 1 aromatic carbocycles. The molecular formula is C12H19NO2. The molecule has 0 aliphatic carbocycles. The molecule has 15 heavy (non-hydrogen) atoms. The minimum absolute atomic E-state index is 0.0783. The molecule has 0 spiro atoms. The van der Waals surface area contributed by atoms with E-state index < -0.39 is 0 Å². The van der Waals surface area contributed by atoms with E-state index in [2.05, 4.69) is 19.2 Å². The van der Waals surface area contributed by atoms with Crippen LogP contribution in [0.15, 0.2) is 24.3 Å². The van der Waals surface area contributed by atoms with Gasteiger partial charge in [0.15, 0.2) is 0 Å². The van der Waals surface area contributed by atoms with Crippen LogP contribution in [-0.2, 0) is 6.42 Å². The fourth-order valence-corrected chi connectivity index (χ4v) is 1.56. The van der Waals surface area contributed by atoms with Crippen LogP contribution in [0.25, 0.3) is 0 Å². The lowest BCUT2D eigenvalue weighted by molar-refractivity contribution is 0.234. The van der Waals surface area contributed by atoms with E-state index >= 15 is 0 Å². The molecule has 0 bridgehead atoms. The fraction of sp³-hybridized carbons (Fsp3) is 0.500. The topological polar surface area (TPSA) is 52.5 Å². The zero-order valence-corrected chi connectivity index (χ0v) is 9.27. The van der Waals surface area contributed by atoms with Crippen molar-refractivity contribution in [3.8, 4) is 5.75 Å². The first-order chi connectivity index (χ1) is 7.11. The average Bonchev–Trinajstić information content (AvgIpc) is 2.19. The molecule has 0 fully saturated rings. The van der Waals surface area contributed by atoms with Crippen molar-refractivity contribution in [3.05, 3.63) is 29.8 Å². The van der Waals surface area contributed by atoms with Gasteiger partial charge in [0, 0.05) is 12.1 Å². The molecule has 3 heteroatoms. The lowest BCUT2D eigenvalue weighted by atomic mass is 10.1. The SMILES string of the molecule is CC(C)N[C@H](CO)Cc1ccc(O)cc1. The van der Waals surface area contributed by atoms with E-state index in [1.165, 1.54) is 0 Å². The van der Waals surface area contributed by atoms with Crippen molar-refractivity contribution in [1.29, 1.82) is 0 Å². The van der Waals surface area contributed by atoms with Gasteiger partial charge in [-0.05, 0) is 24.1 Å². The zero-order chi connectivity index (χ0) is 11.3. The van der Waals surface area contributed by atoms with Gasteiger partial charge in [-0.1, -0.05) is 26.0 Å². The molecule has 84 valence electrons. The largest absolute Gasteiger partial charge is 0.508 e. The Labute approximate surface area is 90.8 Å². The maximum atomic E-state index is 9.18. The molecule has 0 radical (unpaired) electrons. The summed E-state index contributed by atoms with van der Waals surface area (Å²) >= 11 is 0. The second-order valence-corrected chi connectivity index (χ2v) is 4.07. The van der Waals surface area contributed by atoms with Gasteiger partial charge in [-0.15, -0.1) is 0 Å². The Bertz CT molecular complexity index is 282. The monoisotopic (exact) mass is 209 g/mol. The highest BCUT2D eigenvalue weighted by molar-refractivity contribution is 5.26. The summed E-state index contributed by atoms with van der Waals surface area (Å²) in [4.78, 5) is 0. The van der Waals surface area contributed by atoms with Crippen LogP contribution in [0.2, 0.25) is 0 Å². The van der Waals surface area contributed by atoms with Gasteiger partial charge in [-0.2, -0.15) is 0 Å². The number of aromatic hydroxyl groups is 1. The van der Waals surface area contributed by atoms with E-state index in [9.17, 15) is 5.11 Å². The van der Waals surface area contributed by atoms with Crippen molar-refractivity contribution in [2.24, 2.45) is 0 Å². The molecule has 0 heterocycles. The van der Waals surface area contributed by atoms with Crippen molar-refractivity contribution in [2.75, 3.05) is 6.61 Å². The third-order valence-corrected chi connectivity index (χ3v) is 2.21. The van der Waals surface area contributed by atoms with E-state index in [-0.39, 0.29) is 18.4 Å². The molecule has 1 atom stereocenters. The van der Waals surface area contributed by atoms with Gasteiger partial charge >= 0.3 is 0 Å². The first-order valence-electron chi connectivity index (χ1n) is 5.26. The Hall–Kier alpha value is -1.06. The van der Waals surface area contributed by atoms with Gasteiger partial charge in [0.1, 0.15) is 5.75 Å². The highest BCUT2D eigenvalue weighted by Gasteiger charge is 2.09. The van der Waals surface area contributed by atoms with E-state index in [0.717, 1.165) is 12.0 Å². The lowest BCUT2D eigenvalue weighted by Crippen LogP contribution is -2.39. The number of phenols is 1. The molecule has 0 saturated heterocycles. The number of benzene rings is 1. The summed E-state index contributed by atoms with van der Waals surface area (Å²) in [6, 6.07) is 7.52. The summed E-state index contributed by atoms with van der Waals surface area (Å²) in [5, 5.41) is 21.6. The average molecular weight is 209 g/mol. The molecular weight excluding hydrogens is 190 g/mol. The van der Waals surface area contributed by atoms with Gasteiger partial charge in [0.05, 0.1) is 6.61 Å². The molecule has 1 aromatic rings. The number of aliphatic hydroxyl groups is 1. The number of hydrogen-bond acceptors (Lipinski definition) is 3. The van der Waals surface area contributed by atoms with Crippen LogP contribution < -0.4 is 5.32 Å². The van der Waals surface area contributed by atoms with Crippen LogP contribution in [0.3, 0.4) is 0 Å². The van der Waals surface area contributed by atoms with Crippen LogP contribution in [0.4, 0.5) is 0 Å². The molecule has 0 saturated carbocycles. The highest BCUT2D eigenvalue weighted by Crippen LogP contribution is 2.11. The molecule has 0 unspecified atom stereocenters. The van der Waals surface area contributed by atoms with Crippen molar-refractivity contribution in [2.45, 2.75) is 32.4 Å². The van der Waals surface area contributed by atoms with Crippen molar-refractivity contribution >= 4 is 0 Å². The Kier molecular flexibility index (Phi) is 4.59. The van der Waals surface area contributed by atoms with Crippen LogP contribution in [0.5, 0.6) is 5.75 Å². The molecule has 0 aliphatic rings. The molecule has 1 rings (SSSR count). The van der Waals surface area contributed by atoms with Crippen LogP contribution in [0.1, 0.15) is 19.4 Å². The third kappa shape index (κ3) is 4.32. The summed E-state index contributed by atoms with van der Waals surface area (Å²) in [6.07, 6.45) is 0.773. The van der Waals surface area contributed by atoms with E-state index in [0.29, 0.717) is 6.04 Å². The molecule has 0 aliphatic heterocycles. The zero-order valence-electron chi connectivity index (χ0n) is 9.27. The molecule has 3 nitrogen and oxygen atoms in total. The van der Waals surface area contributed by atoms with Crippen molar-refractivity contribution in [3.63, 3.8) is 0 Å². The summed E-state index contributed by atoms with van der Waals surface area (Å²) < 4.78 is 0. The minimum atomic E-state index is 0.0783. The Morgan fingerprint density at radius 1 is 1.20 bits per heavy atom. The summed E-state index contributed by atoms with van der Waals surface area (Å²) in [5.41, 5.74) is 1.11. The summed E-state index contributed by atoms with van der Waals surface area (Å²) in [6.45, 7) is 4.23. The van der Waals surface area contributed by atoms with Gasteiger partial charge in [-0.3, -0.25) is 0 Å². The maximum Gasteiger partial charge on any atom is 0.115 e. The summed E-state index contributed by atoms with van der Waals surface area (Å²) in [5.74, 6) is 0.274. The van der Waals surface area contributed by atoms with Gasteiger partial charge in [0.25, 0.3) is 0 Å². The first-order valence-corrected chi connectivity index (χ1v) is 5.26. The normalized spacial score (nSPS) is 13.1. The summed E-state index contributed by atoms with van der Waals surface area (Å²) in [7, 11) is 0. The Morgan fingerprint density at radius 3 is 2.27 bits per heavy atom. The van der Waals surface area contributed by atoms with E-state index in [4.69, 9.17) is 5.11 Å². The number of phenolic OH excluding ortho intramolecular Hbond substituents is 1. The third-order valence-electron chi connectivity index (χ3n) is 2.21. The fourth-order valence-electron chi connectivity index (χ4n) is 1.56. The highest BCUT2D eigenvalue weighted by atomic mass is 16.3. The van der Waals surface area contributed by atoms with Gasteiger partial charge in [-0.25, -0.2) is 0 Å². The van der Waals surface area contributed by atoms with E-state index in [1.807, 2.05) is 12.1 Å². The maximum absolute atomic E-state index is 9.18. The second kappa shape index (κ2) is 5.73. The lowest BCUT2D eigenvalue weighted by Gasteiger charge is -2.19. The Balaban J connectivity index is 2.54. The molecule has 0 amide bonds. The number of aliphatic hydroxyl groups excluding tert-OH is 1. The van der Waals surface area contributed by atoms with Crippen molar-refractivity contribution < 1.29 is 10.2 Å². The molecule has 3 N–H and O–H groups in total. The van der Waals surface area contributed by atoms with Crippen LogP contribution in [-0.4, -0.2) is 28.9 Å². The van der Waals surface area contributed by atoms with Crippen LogP contribution in [0, 0.1) is 0 Å². The predicted molar refractivity (Wildman–Crippen MR) is 61.0 cm³/mol. The van der Waals surface area contributed by atoms with Gasteiger partial charge < -0.3 is 15.5 Å². The second-order valence-electron chi connectivity index (χ2n) is 4.07. The number of rotatable bonds is 5. The number of nitrogens with one attached hydrogen (secondary N) is 1. The standard InChI is InChI=1S/C12H19NO2/c1-9(2)13-11(8-14)7-10-3-5-12(15)6-4-10/h3-6,9,11,13-15H,7-8H2,1-2H3/t11-/m0/s1. The van der Waals surface area contributed by atoms with E-state index in [1.54, 1.807) is 12.1 Å². The Morgan fingerprint density at radius 2 is 1.80 bits per heavy atom. The smallest absolute Gasteiger partial charge is 0.115 e. The molecule has 0 aromatic heterocycles. The van der Waals surface area contributed by atoms with Gasteiger partial charge in [0.2, 0.25) is 0 Å². The van der Waals surface area contributed by atoms with Crippen LogP contribution >= 0.6 is 0 Å². The number of hydrogen-bond donors (Lipinski definition) is 3. The van der Waals surface area contributed by atoms with Crippen molar-refractivity contribution in [1.82, 2.24) is 5.32 Å². The minimum Gasteiger partial charge on any atom is -0.508 e.